The van der Waals surface area contributed by atoms with Crippen LogP contribution in [-0.2, 0) is 0 Å². The largest absolute Gasteiger partial charge is 0.329 e. The molecule has 2 nitrogen and oxygen atoms in total. The predicted octanol–water partition coefficient (Wildman–Crippen LogP) is 3.89. The first-order valence-corrected chi connectivity index (χ1v) is 7.64. The molecule has 2 atom stereocenters. The lowest BCUT2D eigenvalue weighted by atomic mass is 10.0. The smallest absolute Gasteiger partial charge is 0.126 e. The molecule has 0 amide bonds. The quantitative estimate of drug-likeness (QED) is 0.906. The van der Waals surface area contributed by atoms with Gasteiger partial charge in [0, 0.05) is 23.5 Å². The summed E-state index contributed by atoms with van der Waals surface area (Å²) in [6.07, 6.45) is 0. The Bertz CT molecular complexity index is 554. The molecule has 2 unspecified atom stereocenters. The van der Waals surface area contributed by atoms with E-state index in [1.807, 2.05) is 25.2 Å². The van der Waals surface area contributed by atoms with Crippen molar-refractivity contribution in [2.24, 2.45) is 5.73 Å². The van der Waals surface area contributed by atoms with Gasteiger partial charge in [-0.15, -0.1) is 11.3 Å². The minimum absolute atomic E-state index is 0.0159. The van der Waals surface area contributed by atoms with Crippen molar-refractivity contribution in [3.63, 3.8) is 0 Å². The van der Waals surface area contributed by atoms with E-state index in [0.717, 1.165) is 5.56 Å². The van der Waals surface area contributed by atoms with Gasteiger partial charge in [-0.05, 0) is 49.5 Å². The maximum absolute atomic E-state index is 13.8. The number of benzene rings is 1. The van der Waals surface area contributed by atoms with E-state index in [2.05, 4.69) is 23.3 Å². The fourth-order valence-electron chi connectivity index (χ4n) is 2.35. The van der Waals surface area contributed by atoms with Gasteiger partial charge in [-0.3, -0.25) is 4.90 Å². The predicted molar refractivity (Wildman–Crippen MR) is 83.4 cm³/mol. The number of hydrogen-bond acceptors (Lipinski definition) is 3. The zero-order valence-corrected chi connectivity index (χ0v) is 13.0. The van der Waals surface area contributed by atoms with E-state index in [9.17, 15) is 4.39 Å². The van der Waals surface area contributed by atoms with Crippen LogP contribution in [0.25, 0.3) is 0 Å². The molecule has 1 aromatic heterocycles. The number of likely N-dealkylation sites (N-methyl/N-ethyl adjacent to an activating group) is 1. The molecule has 20 heavy (non-hydrogen) atoms. The zero-order chi connectivity index (χ0) is 14.7. The highest BCUT2D eigenvalue weighted by atomic mass is 32.1. The number of halogens is 1. The first-order chi connectivity index (χ1) is 9.54. The minimum atomic E-state index is -0.168. The third-order valence-electron chi connectivity index (χ3n) is 3.86. The van der Waals surface area contributed by atoms with E-state index < -0.39 is 0 Å². The Morgan fingerprint density at radius 3 is 2.65 bits per heavy atom. The number of hydrogen-bond donors (Lipinski definition) is 1. The maximum Gasteiger partial charge on any atom is 0.126 e. The van der Waals surface area contributed by atoms with E-state index in [0.29, 0.717) is 12.1 Å². The van der Waals surface area contributed by atoms with E-state index in [1.165, 1.54) is 4.88 Å². The Labute approximate surface area is 124 Å². The molecule has 0 saturated carbocycles. The van der Waals surface area contributed by atoms with Gasteiger partial charge in [-0.25, -0.2) is 4.39 Å². The summed E-state index contributed by atoms with van der Waals surface area (Å²) in [4.78, 5) is 3.49. The summed E-state index contributed by atoms with van der Waals surface area (Å²) in [6, 6.07) is 9.83. The second kappa shape index (κ2) is 6.48. The van der Waals surface area contributed by atoms with Crippen molar-refractivity contribution in [3.8, 4) is 0 Å². The molecule has 1 heterocycles. The summed E-state index contributed by atoms with van der Waals surface area (Å²) in [6.45, 7) is 4.39. The third kappa shape index (κ3) is 3.08. The summed E-state index contributed by atoms with van der Waals surface area (Å²) in [7, 11) is 2.04. The number of aryl methyl sites for hydroxylation is 1. The monoisotopic (exact) mass is 292 g/mol. The van der Waals surface area contributed by atoms with Crippen LogP contribution in [0.5, 0.6) is 0 Å². The zero-order valence-electron chi connectivity index (χ0n) is 12.1. The van der Waals surface area contributed by atoms with Gasteiger partial charge in [0.05, 0.1) is 0 Å². The summed E-state index contributed by atoms with van der Waals surface area (Å²) in [5, 5.41) is 2.07. The summed E-state index contributed by atoms with van der Waals surface area (Å²) in [5.74, 6) is -0.168. The fourth-order valence-corrected chi connectivity index (χ4v) is 3.19. The fraction of sp³-hybridized carbons (Fsp3) is 0.375. The highest BCUT2D eigenvalue weighted by molar-refractivity contribution is 7.10. The molecular weight excluding hydrogens is 271 g/mol. The van der Waals surface area contributed by atoms with E-state index in [1.54, 1.807) is 24.3 Å². The van der Waals surface area contributed by atoms with Gasteiger partial charge in [-0.2, -0.15) is 0 Å². The number of nitrogens with two attached hydrogens (primary N) is 1. The standard InChI is InChI=1S/C16H21FN2S/c1-11-6-7-13(9-14(11)17)15(10-18)19(3)12(2)16-5-4-8-20-16/h4-9,12,15H,10,18H2,1-3H3. The van der Waals surface area contributed by atoms with Gasteiger partial charge in [0.2, 0.25) is 0 Å². The summed E-state index contributed by atoms with van der Waals surface area (Å²) >= 11 is 1.73. The van der Waals surface area contributed by atoms with Gasteiger partial charge in [-0.1, -0.05) is 18.2 Å². The average Bonchev–Trinajstić information content (AvgIpc) is 2.96. The Morgan fingerprint density at radius 1 is 1.35 bits per heavy atom. The molecule has 108 valence electrons. The molecule has 2 aromatic rings. The first-order valence-electron chi connectivity index (χ1n) is 6.76. The second-order valence-corrected chi connectivity index (χ2v) is 6.10. The Kier molecular flexibility index (Phi) is 4.91. The van der Waals surface area contributed by atoms with Gasteiger partial charge in [0.15, 0.2) is 0 Å². The van der Waals surface area contributed by atoms with Crippen molar-refractivity contribution in [1.82, 2.24) is 4.90 Å². The van der Waals surface area contributed by atoms with Crippen molar-refractivity contribution in [1.29, 1.82) is 0 Å². The highest BCUT2D eigenvalue weighted by Gasteiger charge is 2.22. The molecule has 0 aliphatic carbocycles. The van der Waals surface area contributed by atoms with Crippen molar-refractivity contribution in [3.05, 3.63) is 57.5 Å². The Morgan fingerprint density at radius 2 is 2.10 bits per heavy atom. The van der Waals surface area contributed by atoms with Crippen molar-refractivity contribution >= 4 is 11.3 Å². The molecular formula is C16H21FN2S. The van der Waals surface area contributed by atoms with Crippen LogP contribution < -0.4 is 5.73 Å². The molecule has 0 fully saturated rings. The van der Waals surface area contributed by atoms with Crippen molar-refractivity contribution in [2.45, 2.75) is 25.9 Å². The van der Waals surface area contributed by atoms with Crippen LogP contribution in [0.15, 0.2) is 35.7 Å². The van der Waals surface area contributed by atoms with Crippen LogP contribution in [0.2, 0.25) is 0 Å². The van der Waals surface area contributed by atoms with Gasteiger partial charge < -0.3 is 5.73 Å². The normalized spacial score (nSPS) is 14.5. The average molecular weight is 292 g/mol. The second-order valence-electron chi connectivity index (χ2n) is 5.12. The van der Waals surface area contributed by atoms with Gasteiger partial charge in [0.1, 0.15) is 5.82 Å². The molecule has 0 aliphatic heterocycles. The summed E-state index contributed by atoms with van der Waals surface area (Å²) < 4.78 is 13.8. The number of nitrogens with zero attached hydrogens (tertiary/aromatic N) is 1. The van der Waals surface area contributed by atoms with Gasteiger partial charge >= 0.3 is 0 Å². The molecule has 0 aliphatic rings. The summed E-state index contributed by atoms with van der Waals surface area (Å²) in [5.41, 5.74) is 7.52. The SMILES string of the molecule is Cc1ccc(C(CN)N(C)C(C)c2cccs2)cc1F. The molecule has 0 radical (unpaired) electrons. The molecule has 1 aromatic carbocycles. The van der Waals surface area contributed by atoms with E-state index in [-0.39, 0.29) is 17.9 Å². The van der Waals surface area contributed by atoms with Crippen LogP contribution >= 0.6 is 11.3 Å². The lowest BCUT2D eigenvalue weighted by molar-refractivity contribution is 0.192. The minimum Gasteiger partial charge on any atom is -0.329 e. The molecule has 2 rings (SSSR count). The van der Waals surface area contributed by atoms with Crippen LogP contribution in [-0.4, -0.2) is 18.5 Å². The molecule has 2 N–H and O–H groups in total. The maximum atomic E-state index is 13.8. The lowest BCUT2D eigenvalue weighted by Crippen LogP contribution is -2.32. The van der Waals surface area contributed by atoms with E-state index >= 15 is 0 Å². The molecule has 4 heteroatoms. The topological polar surface area (TPSA) is 29.3 Å². The first kappa shape index (κ1) is 15.2. The van der Waals surface area contributed by atoms with Crippen LogP contribution in [0, 0.1) is 12.7 Å². The molecule has 0 saturated heterocycles. The lowest BCUT2D eigenvalue weighted by Gasteiger charge is -2.32. The Balaban J connectivity index is 2.24. The van der Waals surface area contributed by atoms with Crippen molar-refractivity contribution in [2.75, 3.05) is 13.6 Å². The van der Waals surface area contributed by atoms with Crippen molar-refractivity contribution < 1.29 is 4.39 Å². The van der Waals surface area contributed by atoms with Crippen LogP contribution in [0.4, 0.5) is 4.39 Å². The van der Waals surface area contributed by atoms with Crippen LogP contribution in [0.1, 0.15) is 35.0 Å². The molecule has 0 bridgehead atoms. The van der Waals surface area contributed by atoms with Gasteiger partial charge in [0.25, 0.3) is 0 Å². The number of rotatable bonds is 5. The van der Waals surface area contributed by atoms with E-state index in [4.69, 9.17) is 5.73 Å². The number of thiophene rings is 1. The molecule has 0 spiro atoms. The van der Waals surface area contributed by atoms with Crippen LogP contribution in [0.3, 0.4) is 0 Å². The third-order valence-corrected chi connectivity index (χ3v) is 4.90. The Hall–Kier alpha value is -1.23. The highest BCUT2D eigenvalue weighted by Crippen LogP contribution is 2.31.